The number of amides is 1. The molecule has 0 saturated carbocycles. The van der Waals surface area contributed by atoms with Crippen LogP contribution in [0.2, 0.25) is 0 Å². The second kappa shape index (κ2) is 6.15. The second-order valence-corrected chi connectivity index (χ2v) is 5.59. The maximum Gasteiger partial charge on any atom is 0.417 e. The molecule has 5 heteroatoms. The number of benzene rings is 3. The van der Waals surface area contributed by atoms with Crippen LogP contribution in [0.3, 0.4) is 0 Å². The predicted molar refractivity (Wildman–Crippen MR) is 87.7 cm³/mol. The normalized spacial score (nSPS) is 10.5. The van der Waals surface area contributed by atoms with Crippen molar-refractivity contribution in [2.24, 2.45) is 0 Å². The molecule has 3 aromatic rings. The lowest BCUT2D eigenvalue weighted by molar-refractivity contribution is 0.215. The zero-order valence-corrected chi connectivity index (χ0v) is 12.9. The largest absolute Gasteiger partial charge is 0.417 e. The van der Waals surface area contributed by atoms with Crippen LogP contribution in [0.1, 0.15) is 0 Å². The molecule has 1 N–H and O–H groups in total. The Balaban J connectivity index is 1.75. The summed E-state index contributed by atoms with van der Waals surface area (Å²) in [5.41, 5.74) is 0.342. The third-order valence-corrected chi connectivity index (χ3v) is 3.55. The summed E-state index contributed by atoms with van der Waals surface area (Å²) in [5.74, 6) is -0.00203. The number of hydrogen-bond acceptors (Lipinski definition) is 2. The molecule has 3 nitrogen and oxygen atoms in total. The molecule has 1 amide bonds. The maximum absolute atomic E-state index is 13.1. The summed E-state index contributed by atoms with van der Waals surface area (Å²) >= 11 is 3.41. The van der Waals surface area contributed by atoms with Gasteiger partial charge in [-0.3, -0.25) is 5.32 Å². The first-order valence-corrected chi connectivity index (χ1v) is 7.33. The van der Waals surface area contributed by atoms with Gasteiger partial charge >= 0.3 is 6.09 Å². The van der Waals surface area contributed by atoms with Gasteiger partial charge in [0.25, 0.3) is 0 Å². The molecular formula is C17H11BrFNO2. The Kier molecular flexibility index (Phi) is 4.06. The maximum atomic E-state index is 13.1. The Morgan fingerprint density at radius 1 is 1.00 bits per heavy atom. The van der Waals surface area contributed by atoms with Gasteiger partial charge in [-0.15, -0.1) is 0 Å². The first kappa shape index (κ1) is 14.5. The highest BCUT2D eigenvalue weighted by atomic mass is 79.9. The van der Waals surface area contributed by atoms with Crippen LogP contribution in [0.5, 0.6) is 5.75 Å². The molecular weight excluding hydrogens is 349 g/mol. The van der Waals surface area contributed by atoms with Gasteiger partial charge in [-0.1, -0.05) is 34.1 Å². The number of carbonyl (C=O) groups is 1. The second-order valence-electron chi connectivity index (χ2n) is 4.68. The van der Waals surface area contributed by atoms with Gasteiger partial charge in [0, 0.05) is 10.2 Å². The summed E-state index contributed by atoms with van der Waals surface area (Å²) in [6.07, 6.45) is -0.665. The van der Waals surface area contributed by atoms with E-state index in [0.29, 0.717) is 11.4 Å². The zero-order chi connectivity index (χ0) is 15.5. The Labute approximate surface area is 134 Å². The van der Waals surface area contributed by atoms with Crippen molar-refractivity contribution in [1.29, 1.82) is 0 Å². The Bertz CT molecular complexity index is 851. The molecule has 0 radical (unpaired) electrons. The van der Waals surface area contributed by atoms with Gasteiger partial charge in [0.15, 0.2) is 0 Å². The van der Waals surface area contributed by atoms with Gasteiger partial charge in [0.1, 0.15) is 11.6 Å². The molecule has 110 valence electrons. The van der Waals surface area contributed by atoms with Crippen molar-refractivity contribution in [3.63, 3.8) is 0 Å². The summed E-state index contributed by atoms with van der Waals surface area (Å²) in [6.45, 7) is 0. The number of hydrogen-bond donors (Lipinski definition) is 1. The topological polar surface area (TPSA) is 38.3 Å². The van der Waals surface area contributed by atoms with Gasteiger partial charge in [-0.25, -0.2) is 9.18 Å². The molecule has 3 aromatic carbocycles. The summed E-state index contributed by atoms with van der Waals surface area (Å²) in [6, 6.07) is 16.8. The van der Waals surface area contributed by atoms with Gasteiger partial charge in [-0.2, -0.15) is 0 Å². The van der Waals surface area contributed by atoms with Gasteiger partial charge in [0.2, 0.25) is 0 Å². The molecule has 0 fully saturated rings. The van der Waals surface area contributed by atoms with Crippen LogP contribution in [0.4, 0.5) is 14.9 Å². The Morgan fingerprint density at radius 2 is 1.77 bits per heavy atom. The fraction of sp³-hybridized carbons (Fsp3) is 0. The highest BCUT2D eigenvalue weighted by Crippen LogP contribution is 2.24. The monoisotopic (exact) mass is 359 g/mol. The van der Waals surface area contributed by atoms with Crippen LogP contribution in [0, 0.1) is 5.82 Å². The number of carbonyl (C=O) groups excluding carboxylic acids is 1. The lowest BCUT2D eigenvalue weighted by Gasteiger charge is -2.08. The highest BCUT2D eigenvalue weighted by Gasteiger charge is 2.06. The molecule has 0 aliphatic rings. The summed E-state index contributed by atoms with van der Waals surface area (Å²) in [7, 11) is 0. The Hall–Kier alpha value is -2.40. The minimum atomic E-state index is -0.665. The van der Waals surface area contributed by atoms with E-state index in [9.17, 15) is 9.18 Å². The van der Waals surface area contributed by atoms with Gasteiger partial charge in [-0.05, 0) is 53.2 Å². The van der Waals surface area contributed by atoms with Crippen LogP contribution >= 0.6 is 15.9 Å². The van der Waals surface area contributed by atoms with Crippen molar-refractivity contribution < 1.29 is 13.9 Å². The van der Waals surface area contributed by atoms with E-state index in [0.717, 1.165) is 15.2 Å². The van der Waals surface area contributed by atoms with Crippen molar-refractivity contribution >= 4 is 38.5 Å². The molecule has 0 heterocycles. The number of fused-ring (bicyclic) bond motifs is 1. The number of nitrogens with one attached hydrogen (secondary N) is 1. The van der Waals surface area contributed by atoms with Crippen molar-refractivity contribution in [2.45, 2.75) is 0 Å². The fourth-order valence-electron chi connectivity index (χ4n) is 2.07. The van der Waals surface area contributed by atoms with E-state index >= 15 is 0 Å². The fourth-order valence-corrected chi connectivity index (χ4v) is 2.45. The molecule has 0 aliphatic heterocycles. The van der Waals surface area contributed by atoms with E-state index in [1.807, 2.05) is 24.3 Å². The molecule has 0 saturated heterocycles. The third kappa shape index (κ3) is 3.43. The lowest BCUT2D eigenvalue weighted by Crippen LogP contribution is -2.16. The third-order valence-electron chi connectivity index (χ3n) is 3.06. The van der Waals surface area contributed by atoms with Crippen LogP contribution in [0.15, 0.2) is 65.1 Å². The van der Waals surface area contributed by atoms with Crippen LogP contribution in [-0.2, 0) is 0 Å². The SMILES string of the molecule is O=C(Nc1cccc(F)c1)Oc1ccc2cc(Br)ccc2c1. The lowest BCUT2D eigenvalue weighted by atomic mass is 10.1. The van der Waals surface area contributed by atoms with Gasteiger partial charge < -0.3 is 4.74 Å². The minimum Gasteiger partial charge on any atom is -0.410 e. The molecule has 0 unspecified atom stereocenters. The first-order chi connectivity index (χ1) is 10.6. The van der Waals surface area contributed by atoms with Crippen LogP contribution in [0.25, 0.3) is 10.8 Å². The molecule has 0 bridgehead atoms. The van der Waals surface area contributed by atoms with Crippen LogP contribution < -0.4 is 10.1 Å². The number of halogens is 2. The summed E-state index contributed by atoms with van der Waals surface area (Å²) in [4.78, 5) is 11.8. The van der Waals surface area contributed by atoms with E-state index in [1.54, 1.807) is 18.2 Å². The first-order valence-electron chi connectivity index (χ1n) is 6.54. The molecule has 22 heavy (non-hydrogen) atoms. The number of ether oxygens (including phenoxy) is 1. The average molecular weight is 360 g/mol. The molecule has 0 atom stereocenters. The minimum absolute atomic E-state index is 0.342. The van der Waals surface area contributed by atoms with Crippen LogP contribution in [-0.4, -0.2) is 6.09 Å². The Morgan fingerprint density at radius 3 is 2.59 bits per heavy atom. The summed E-state index contributed by atoms with van der Waals surface area (Å²) < 4.78 is 19.3. The van der Waals surface area contributed by atoms with Crippen molar-refractivity contribution in [1.82, 2.24) is 0 Å². The van der Waals surface area contributed by atoms with E-state index in [1.165, 1.54) is 18.2 Å². The highest BCUT2D eigenvalue weighted by molar-refractivity contribution is 9.10. The molecule has 0 spiro atoms. The van der Waals surface area contributed by atoms with Crippen molar-refractivity contribution in [3.05, 3.63) is 71.0 Å². The van der Waals surface area contributed by atoms with E-state index in [4.69, 9.17) is 4.74 Å². The summed E-state index contributed by atoms with van der Waals surface area (Å²) in [5, 5.41) is 4.47. The van der Waals surface area contributed by atoms with Crippen molar-refractivity contribution in [2.75, 3.05) is 5.32 Å². The molecule has 3 rings (SSSR count). The average Bonchev–Trinajstić information content (AvgIpc) is 2.47. The van der Waals surface area contributed by atoms with Gasteiger partial charge in [0.05, 0.1) is 0 Å². The van der Waals surface area contributed by atoms with E-state index in [2.05, 4.69) is 21.2 Å². The quantitative estimate of drug-likeness (QED) is 0.669. The molecule has 0 aliphatic carbocycles. The standard InChI is InChI=1S/C17H11BrFNO2/c18-13-6-4-12-9-16(7-5-11(12)8-13)22-17(21)20-15-3-1-2-14(19)10-15/h1-10H,(H,20,21). The zero-order valence-electron chi connectivity index (χ0n) is 11.3. The number of rotatable bonds is 2. The number of anilines is 1. The molecule has 0 aromatic heterocycles. The van der Waals surface area contributed by atoms with Crippen molar-refractivity contribution in [3.8, 4) is 5.75 Å². The predicted octanol–water partition coefficient (Wildman–Crippen LogP) is 5.35. The smallest absolute Gasteiger partial charge is 0.410 e. The van der Waals surface area contributed by atoms with E-state index < -0.39 is 11.9 Å². The van der Waals surface area contributed by atoms with E-state index in [-0.39, 0.29) is 0 Å².